The van der Waals surface area contributed by atoms with Crippen LogP contribution < -0.4 is 0 Å². The fourth-order valence-electron chi connectivity index (χ4n) is 1.81. The Morgan fingerprint density at radius 1 is 1.00 bits per heavy atom. The van der Waals surface area contributed by atoms with Crippen molar-refractivity contribution in [1.82, 2.24) is 9.80 Å². The quantitative estimate of drug-likeness (QED) is 0.614. The first kappa shape index (κ1) is 17.4. The highest BCUT2D eigenvalue weighted by atomic mass is 16.3. The molecule has 0 heterocycles. The Balaban J connectivity index is 4.09. The molecule has 0 saturated carbocycles. The second-order valence-electron chi connectivity index (χ2n) is 4.90. The Bertz CT molecular complexity index is 202. The zero-order valence-corrected chi connectivity index (χ0v) is 12.3. The third-order valence-corrected chi connectivity index (χ3v) is 3.02. The minimum absolute atomic E-state index is 0.188. The second kappa shape index (κ2) is 11.5. The summed E-state index contributed by atoms with van der Waals surface area (Å²) in [6.07, 6.45) is 5.13. The van der Waals surface area contributed by atoms with Gasteiger partial charge in [0, 0.05) is 26.2 Å². The molecule has 18 heavy (non-hydrogen) atoms. The average molecular weight is 258 g/mol. The molecular formula is C14H30N2O2. The Morgan fingerprint density at radius 3 is 2.00 bits per heavy atom. The van der Waals surface area contributed by atoms with Gasteiger partial charge in [0.2, 0.25) is 5.91 Å². The molecule has 4 nitrogen and oxygen atoms in total. The van der Waals surface area contributed by atoms with Crippen LogP contribution in [0.25, 0.3) is 0 Å². The summed E-state index contributed by atoms with van der Waals surface area (Å²) >= 11 is 0. The van der Waals surface area contributed by atoms with Crippen molar-refractivity contribution < 1.29 is 9.90 Å². The number of likely N-dealkylation sites (N-methyl/N-ethyl adjacent to an activating group) is 1. The number of carbonyl (C=O) groups excluding carboxylic acids is 1. The highest BCUT2D eigenvalue weighted by Gasteiger charge is 2.14. The number of aliphatic hydroxyl groups excluding tert-OH is 1. The Hall–Kier alpha value is -0.610. The largest absolute Gasteiger partial charge is 0.396 e. The summed E-state index contributed by atoms with van der Waals surface area (Å²) in [7, 11) is 1.94. The maximum atomic E-state index is 12.2. The maximum Gasteiger partial charge on any atom is 0.236 e. The molecule has 0 spiro atoms. The van der Waals surface area contributed by atoms with E-state index in [2.05, 4.69) is 13.8 Å². The van der Waals surface area contributed by atoms with Crippen LogP contribution in [0.4, 0.5) is 0 Å². The van der Waals surface area contributed by atoms with Crippen LogP contribution in [0.15, 0.2) is 0 Å². The van der Waals surface area contributed by atoms with Gasteiger partial charge in [-0.3, -0.25) is 9.69 Å². The van der Waals surface area contributed by atoms with Gasteiger partial charge in [0.05, 0.1) is 6.54 Å². The molecular weight excluding hydrogens is 228 g/mol. The molecule has 0 aliphatic rings. The lowest BCUT2D eigenvalue weighted by Crippen LogP contribution is -2.40. The third kappa shape index (κ3) is 8.48. The van der Waals surface area contributed by atoms with Gasteiger partial charge in [-0.1, -0.05) is 26.7 Å². The Morgan fingerprint density at radius 2 is 1.56 bits per heavy atom. The van der Waals surface area contributed by atoms with Crippen LogP contribution in [0.5, 0.6) is 0 Å². The van der Waals surface area contributed by atoms with Crippen molar-refractivity contribution in [3.8, 4) is 0 Å². The molecule has 4 heteroatoms. The number of nitrogens with zero attached hydrogens (tertiary/aromatic N) is 2. The van der Waals surface area contributed by atoms with E-state index in [1.165, 1.54) is 0 Å². The van der Waals surface area contributed by atoms with Gasteiger partial charge in [0.15, 0.2) is 0 Å². The standard InChI is InChI=1S/C14H30N2O2/c1-4-6-10-16(11-7-5-2)14(18)13-15(3)9-8-12-17/h17H,4-13H2,1-3H3. The number of carbonyl (C=O) groups is 1. The van der Waals surface area contributed by atoms with Crippen molar-refractivity contribution >= 4 is 5.91 Å². The zero-order chi connectivity index (χ0) is 13.8. The molecule has 0 unspecified atom stereocenters. The molecule has 0 atom stereocenters. The number of aliphatic hydroxyl groups is 1. The number of hydrogen-bond acceptors (Lipinski definition) is 3. The van der Waals surface area contributed by atoms with Crippen molar-refractivity contribution in [3.63, 3.8) is 0 Å². The van der Waals surface area contributed by atoms with E-state index in [-0.39, 0.29) is 12.5 Å². The van der Waals surface area contributed by atoms with E-state index in [4.69, 9.17) is 5.11 Å². The predicted octanol–water partition coefficient (Wildman–Crippen LogP) is 1.73. The monoisotopic (exact) mass is 258 g/mol. The Kier molecular flexibility index (Phi) is 11.1. The topological polar surface area (TPSA) is 43.8 Å². The highest BCUT2D eigenvalue weighted by molar-refractivity contribution is 5.78. The number of hydrogen-bond donors (Lipinski definition) is 1. The molecule has 0 fully saturated rings. The first-order valence-electron chi connectivity index (χ1n) is 7.22. The molecule has 0 aliphatic heterocycles. The zero-order valence-electron chi connectivity index (χ0n) is 12.3. The number of unbranched alkanes of at least 4 members (excludes halogenated alkanes) is 2. The fourth-order valence-corrected chi connectivity index (χ4v) is 1.81. The summed E-state index contributed by atoms with van der Waals surface area (Å²) in [5.41, 5.74) is 0. The van der Waals surface area contributed by atoms with Gasteiger partial charge in [-0.05, 0) is 26.3 Å². The van der Waals surface area contributed by atoms with Gasteiger partial charge in [-0.2, -0.15) is 0 Å². The van der Waals surface area contributed by atoms with Crippen LogP contribution in [0.3, 0.4) is 0 Å². The first-order chi connectivity index (χ1) is 8.65. The van der Waals surface area contributed by atoms with Crippen LogP contribution in [0, 0.1) is 0 Å². The van der Waals surface area contributed by atoms with Gasteiger partial charge in [-0.25, -0.2) is 0 Å². The lowest BCUT2D eigenvalue weighted by Gasteiger charge is -2.25. The van der Waals surface area contributed by atoms with E-state index >= 15 is 0 Å². The van der Waals surface area contributed by atoms with Gasteiger partial charge < -0.3 is 10.0 Å². The summed E-state index contributed by atoms with van der Waals surface area (Å²) in [5, 5.41) is 8.77. The van der Waals surface area contributed by atoms with Gasteiger partial charge in [-0.15, -0.1) is 0 Å². The van der Waals surface area contributed by atoms with Crippen LogP contribution in [-0.2, 0) is 4.79 Å². The van der Waals surface area contributed by atoms with Crippen LogP contribution in [-0.4, -0.2) is 60.6 Å². The normalized spacial score (nSPS) is 10.9. The average Bonchev–Trinajstić information content (AvgIpc) is 2.36. The van der Waals surface area contributed by atoms with E-state index in [0.717, 1.165) is 51.7 Å². The fraction of sp³-hybridized carbons (Fsp3) is 0.929. The molecule has 0 bridgehead atoms. The van der Waals surface area contributed by atoms with E-state index in [9.17, 15) is 4.79 Å². The van der Waals surface area contributed by atoms with Crippen LogP contribution >= 0.6 is 0 Å². The molecule has 0 saturated heterocycles. The SMILES string of the molecule is CCCCN(CCCC)C(=O)CN(C)CCCO. The molecule has 108 valence electrons. The van der Waals surface area contributed by atoms with Crippen LogP contribution in [0.1, 0.15) is 46.0 Å². The van der Waals surface area contributed by atoms with E-state index < -0.39 is 0 Å². The minimum atomic E-state index is 0.188. The summed E-state index contributed by atoms with van der Waals surface area (Å²) in [5.74, 6) is 0.220. The second-order valence-corrected chi connectivity index (χ2v) is 4.90. The van der Waals surface area contributed by atoms with Gasteiger partial charge >= 0.3 is 0 Å². The smallest absolute Gasteiger partial charge is 0.236 e. The first-order valence-corrected chi connectivity index (χ1v) is 7.22. The summed E-state index contributed by atoms with van der Waals surface area (Å²) in [4.78, 5) is 16.1. The van der Waals surface area contributed by atoms with Gasteiger partial charge in [0.1, 0.15) is 0 Å². The molecule has 0 aliphatic carbocycles. The van der Waals surface area contributed by atoms with Crippen molar-refractivity contribution in [1.29, 1.82) is 0 Å². The molecule has 0 aromatic carbocycles. The molecule has 0 aromatic heterocycles. The molecule has 0 aromatic rings. The lowest BCUT2D eigenvalue weighted by molar-refractivity contribution is -0.132. The summed E-state index contributed by atoms with van der Waals surface area (Å²) < 4.78 is 0. The van der Waals surface area contributed by atoms with Crippen molar-refractivity contribution in [2.45, 2.75) is 46.0 Å². The number of rotatable bonds is 11. The molecule has 1 N–H and O–H groups in total. The van der Waals surface area contributed by atoms with Crippen LogP contribution in [0.2, 0.25) is 0 Å². The number of amides is 1. The minimum Gasteiger partial charge on any atom is -0.396 e. The van der Waals surface area contributed by atoms with Gasteiger partial charge in [0.25, 0.3) is 0 Å². The van der Waals surface area contributed by atoms with E-state index in [1.807, 2.05) is 16.8 Å². The van der Waals surface area contributed by atoms with E-state index in [0.29, 0.717) is 6.54 Å². The summed E-state index contributed by atoms with van der Waals surface area (Å²) in [6.45, 7) is 7.48. The highest BCUT2D eigenvalue weighted by Crippen LogP contribution is 2.01. The van der Waals surface area contributed by atoms with Crippen molar-refractivity contribution in [2.75, 3.05) is 39.8 Å². The third-order valence-electron chi connectivity index (χ3n) is 3.02. The molecule has 0 radical (unpaired) electrons. The lowest BCUT2D eigenvalue weighted by atomic mass is 10.2. The van der Waals surface area contributed by atoms with E-state index in [1.54, 1.807) is 0 Å². The maximum absolute atomic E-state index is 12.2. The summed E-state index contributed by atoms with van der Waals surface area (Å²) in [6, 6.07) is 0. The van der Waals surface area contributed by atoms with Crippen molar-refractivity contribution in [2.24, 2.45) is 0 Å². The molecule has 0 rings (SSSR count). The predicted molar refractivity (Wildman–Crippen MR) is 75.6 cm³/mol. The Labute approximate surface area is 112 Å². The van der Waals surface area contributed by atoms with Crippen molar-refractivity contribution in [3.05, 3.63) is 0 Å². The molecule has 1 amide bonds.